The van der Waals surface area contributed by atoms with Crippen molar-refractivity contribution >= 4 is 21.4 Å². The summed E-state index contributed by atoms with van der Waals surface area (Å²) in [5.41, 5.74) is 1.32. The van der Waals surface area contributed by atoms with E-state index in [1.165, 1.54) is 12.3 Å². The molecule has 0 amide bonds. The molecule has 2 aromatic rings. The van der Waals surface area contributed by atoms with Crippen LogP contribution in [-0.2, 0) is 23.2 Å². The summed E-state index contributed by atoms with van der Waals surface area (Å²) in [6, 6.07) is 3.06. The molecule has 2 aromatic heterocycles. The first kappa shape index (κ1) is 14.1. The van der Waals surface area contributed by atoms with Crippen molar-refractivity contribution in [2.24, 2.45) is 0 Å². The van der Waals surface area contributed by atoms with Gasteiger partial charge in [0, 0.05) is 11.1 Å². The number of hydrogen-bond donors (Lipinski definition) is 2. The van der Waals surface area contributed by atoms with Crippen molar-refractivity contribution in [3.8, 4) is 0 Å². The van der Waals surface area contributed by atoms with Crippen molar-refractivity contribution in [3.05, 3.63) is 40.8 Å². The molecule has 0 bridgehead atoms. The van der Waals surface area contributed by atoms with E-state index in [1.54, 1.807) is 12.3 Å². The molecule has 2 N–H and O–H groups in total. The van der Waals surface area contributed by atoms with Gasteiger partial charge in [-0.2, -0.15) is 0 Å². The maximum Gasteiger partial charge on any atom is 0.250 e. The maximum absolute atomic E-state index is 12.0. The first-order chi connectivity index (χ1) is 9.01. The van der Waals surface area contributed by atoms with E-state index < -0.39 is 10.0 Å². The van der Waals surface area contributed by atoms with Gasteiger partial charge in [-0.3, -0.25) is 9.97 Å². The van der Waals surface area contributed by atoms with Crippen molar-refractivity contribution in [1.82, 2.24) is 14.7 Å². The Morgan fingerprint density at radius 3 is 2.68 bits per heavy atom. The van der Waals surface area contributed by atoms with Gasteiger partial charge in [0.1, 0.15) is 4.21 Å². The van der Waals surface area contributed by atoms with Crippen LogP contribution in [0.15, 0.2) is 28.7 Å². The van der Waals surface area contributed by atoms with E-state index >= 15 is 0 Å². The molecule has 0 fully saturated rings. The molecule has 0 radical (unpaired) electrons. The zero-order valence-corrected chi connectivity index (χ0v) is 11.8. The molecular weight excluding hydrogens is 286 g/mol. The Morgan fingerprint density at radius 2 is 2.11 bits per heavy atom. The molecule has 0 aromatic carbocycles. The summed E-state index contributed by atoms with van der Waals surface area (Å²) in [5, 5.41) is 8.93. The first-order valence-corrected chi connectivity index (χ1v) is 7.78. The summed E-state index contributed by atoms with van der Waals surface area (Å²) in [6.07, 6.45) is 3.12. The van der Waals surface area contributed by atoms with Gasteiger partial charge < -0.3 is 5.11 Å². The van der Waals surface area contributed by atoms with Crippen LogP contribution >= 0.6 is 11.3 Å². The SMILES string of the molecule is Cc1cnc(CNS(=O)(=O)c2ccc(CO)s2)cn1. The number of hydrogen-bond acceptors (Lipinski definition) is 6. The predicted molar refractivity (Wildman–Crippen MR) is 71.0 cm³/mol. The second-order valence-electron chi connectivity index (χ2n) is 3.85. The van der Waals surface area contributed by atoms with Crippen LogP contribution in [0.5, 0.6) is 0 Å². The highest BCUT2D eigenvalue weighted by molar-refractivity contribution is 7.91. The number of thiophene rings is 1. The number of aliphatic hydroxyl groups excluding tert-OH is 1. The van der Waals surface area contributed by atoms with Gasteiger partial charge in [-0.15, -0.1) is 11.3 Å². The molecule has 19 heavy (non-hydrogen) atoms. The van der Waals surface area contributed by atoms with Crippen LogP contribution in [0, 0.1) is 6.92 Å². The summed E-state index contributed by atoms with van der Waals surface area (Å²) in [4.78, 5) is 8.72. The Kier molecular flexibility index (Phi) is 4.25. The zero-order valence-electron chi connectivity index (χ0n) is 10.2. The Morgan fingerprint density at radius 1 is 1.32 bits per heavy atom. The van der Waals surface area contributed by atoms with E-state index in [-0.39, 0.29) is 17.4 Å². The molecule has 0 aliphatic rings. The smallest absolute Gasteiger partial charge is 0.250 e. The number of aromatic nitrogens is 2. The second kappa shape index (κ2) is 5.74. The number of nitrogens with zero attached hydrogens (tertiary/aromatic N) is 2. The molecule has 0 atom stereocenters. The van der Waals surface area contributed by atoms with E-state index in [4.69, 9.17) is 5.11 Å². The number of nitrogens with one attached hydrogen (secondary N) is 1. The van der Waals surface area contributed by atoms with Crippen LogP contribution in [0.4, 0.5) is 0 Å². The lowest BCUT2D eigenvalue weighted by Crippen LogP contribution is -2.23. The third-order valence-electron chi connectivity index (χ3n) is 2.34. The topological polar surface area (TPSA) is 92.2 Å². The van der Waals surface area contributed by atoms with Gasteiger partial charge in [0.25, 0.3) is 0 Å². The molecule has 102 valence electrons. The molecule has 0 unspecified atom stereocenters. The van der Waals surface area contributed by atoms with Crippen LogP contribution in [0.1, 0.15) is 16.3 Å². The Balaban J connectivity index is 2.07. The summed E-state index contributed by atoms with van der Waals surface area (Å²) in [5.74, 6) is 0. The molecule has 8 heteroatoms. The third kappa shape index (κ3) is 3.57. The minimum Gasteiger partial charge on any atom is -0.391 e. The van der Waals surface area contributed by atoms with Crippen LogP contribution in [0.25, 0.3) is 0 Å². The predicted octanol–water partition coefficient (Wildman–Crippen LogP) is 0.817. The highest BCUT2D eigenvalue weighted by Gasteiger charge is 2.16. The highest BCUT2D eigenvalue weighted by Crippen LogP contribution is 2.21. The largest absolute Gasteiger partial charge is 0.391 e. The molecule has 0 aliphatic carbocycles. The molecule has 2 heterocycles. The molecule has 0 spiro atoms. The van der Waals surface area contributed by atoms with E-state index in [1.807, 2.05) is 6.92 Å². The van der Waals surface area contributed by atoms with Crippen LogP contribution < -0.4 is 4.72 Å². The number of rotatable bonds is 5. The van der Waals surface area contributed by atoms with E-state index in [9.17, 15) is 8.42 Å². The number of aliphatic hydroxyl groups is 1. The molecule has 6 nitrogen and oxygen atoms in total. The van der Waals surface area contributed by atoms with Gasteiger partial charge in [0.2, 0.25) is 10.0 Å². The quantitative estimate of drug-likeness (QED) is 0.852. The lowest BCUT2D eigenvalue weighted by atomic mass is 10.4. The summed E-state index contributed by atoms with van der Waals surface area (Å²) in [6.45, 7) is 1.73. The Hall–Kier alpha value is -1.35. The number of sulfonamides is 1. The Labute approximate surface area is 115 Å². The molecular formula is C11H13N3O3S2. The monoisotopic (exact) mass is 299 g/mol. The molecule has 0 saturated heterocycles. The first-order valence-electron chi connectivity index (χ1n) is 5.48. The van der Waals surface area contributed by atoms with Gasteiger partial charge in [-0.1, -0.05) is 0 Å². The van der Waals surface area contributed by atoms with Gasteiger partial charge in [0.15, 0.2) is 0 Å². The molecule has 0 aliphatic heterocycles. The van der Waals surface area contributed by atoms with Crippen LogP contribution in [-0.4, -0.2) is 23.5 Å². The van der Waals surface area contributed by atoms with Crippen molar-refractivity contribution in [3.63, 3.8) is 0 Å². The normalized spacial score (nSPS) is 11.7. The summed E-state index contributed by atoms with van der Waals surface area (Å²) in [7, 11) is -3.57. The van der Waals surface area contributed by atoms with Gasteiger partial charge in [-0.25, -0.2) is 13.1 Å². The fraction of sp³-hybridized carbons (Fsp3) is 0.273. The fourth-order valence-corrected chi connectivity index (χ4v) is 3.60. The fourth-order valence-electron chi connectivity index (χ4n) is 1.34. The van der Waals surface area contributed by atoms with Crippen molar-refractivity contribution in [1.29, 1.82) is 0 Å². The van der Waals surface area contributed by atoms with Crippen molar-refractivity contribution < 1.29 is 13.5 Å². The Bertz CT molecular complexity index is 650. The third-order valence-corrected chi connectivity index (χ3v) is 5.30. The van der Waals surface area contributed by atoms with Crippen molar-refractivity contribution in [2.45, 2.75) is 24.3 Å². The molecule has 0 saturated carbocycles. The van der Waals surface area contributed by atoms with Gasteiger partial charge >= 0.3 is 0 Å². The van der Waals surface area contributed by atoms with Crippen LogP contribution in [0.3, 0.4) is 0 Å². The standard InChI is InChI=1S/C11H13N3O3S2/c1-8-4-13-9(5-12-8)6-14-19(16,17)11-3-2-10(7-15)18-11/h2-5,14-15H,6-7H2,1H3. The minimum atomic E-state index is -3.57. The van der Waals surface area contributed by atoms with Crippen LogP contribution in [0.2, 0.25) is 0 Å². The van der Waals surface area contributed by atoms with E-state index in [0.717, 1.165) is 17.0 Å². The minimum absolute atomic E-state index is 0.0853. The highest BCUT2D eigenvalue weighted by atomic mass is 32.2. The lowest BCUT2D eigenvalue weighted by Gasteiger charge is -2.04. The van der Waals surface area contributed by atoms with Crippen molar-refractivity contribution in [2.75, 3.05) is 0 Å². The molecule has 2 rings (SSSR count). The lowest BCUT2D eigenvalue weighted by molar-refractivity contribution is 0.285. The zero-order chi connectivity index (χ0) is 13.9. The summed E-state index contributed by atoms with van der Waals surface area (Å²) < 4.78 is 26.6. The number of aryl methyl sites for hydroxylation is 1. The maximum atomic E-state index is 12.0. The van der Waals surface area contributed by atoms with Gasteiger partial charge in [-0.05, 0) is 19.1 Å². The second-order valence-corrected chi connectivity index (χ2v) is 7.01. The van der Waals surface area contributed by atoms with E-state index in [2.05, 4.69) is 14.7 Å². The summed E-state index contributed by atoms with van der Waals surface area (Å²) >= 11 is 1.04. The van der Waals surface area contributed by atoms with E-state index in [0.29, 0.717) is 10.6 Å². The average Bonchev–Trinajstić information content (AvgIpc) is 2.88. The average molecular weight is 299 g/mol. The van der Waals surface area contributed by atoms with Gasteiger partial charge in [0.05, 0.1) is 30.7 Å².